The Balaban J connectivity index is 1.78. The number of amides is 1. The molecule has 26 heavy (non-hydrogen) atoms. The van der Waals surface area contributed by atoms with Crippen molar-refractivity contribution in [3.63, 3.8) is 0 Å². The molecule has 1 fully saturated rings. The first-order valence-electron chi connectivity index (χ1n) is 9.32. The summed E-state index contributed by atoms with van der Waals surface area (Å²) >= 11 is 1.83. The number of thioether (sulfide) groups is 1. The van der Waals surface area contributed by atoms with Crippen LogP contribution >= 0.6 is 11.8 Å². The second-order valence-corrected chi connectivity index (χ2v) is 8.37. The Morgan fingerprint density at radius 2 is 1.85 bits per heavy atom. The minimum absolute atomic E-state index is 0.230. The van der Waals surface area contributed by atoms with Crippen LogP contribution in [-0.2, 0) is 4.79 Å². The second kappa shape index (κ2) is 9.86. The largest absolute Gasteiger partial charge is 0.356 e. The van der Waals surface area contributed by atoms with Crippen LogP contribution in [0.3, 0.4) is 0 Å². The Morgan fingerprint density at radius 1 is 1.19 bits per heavy atom. The topological polar surface area (TPSA) is 56.7 Å². The lowest BCUT2D eigenvalue weighted by Gasteiger charge is -2.31. The summed E-state index contributed by atoms with van der Waals surface area (Å²) < 4.78 is 0. The number of hydrogen-bond donors (Lipinski definition) is 2. The summed E-state index contributed by atoms with van der Waals surface area (Å²) in [7, 11) is 5.47. The van der Waals surface area contributed by atoms with E-state index in [0.29, 0.717) is 6.54 Å². The molecule has 0 radical (unpaired) electrons. The molecule has 0 heterocycles. The minimum atomic E-state index is -0.280. The Morgan fingerprint density at radius 3 is 2.42 bits per heavy atom. The zero-order valence-corrected chi connectivity index (χ0v) is 17.3. The average Bonchev–Trinajstić information content (AvgIpc) is 3.12. The highest BCUT2D eigenvalue weighted by Crippen LogP contribution is 2.38. The second-order valence-electron chi connectivity index (χ2n) is 7.20. The lowest BCUT2D eigenvalue weighted by molar-refractivity contribution is -0.138. The normalized spacial score (nSPS) is 16.4. The molecule has 1 aliphatic carbocycles. The van der Waals surface area contributed by atoms with Crippen LogP contribution in [0.25, 0.3) is 0 Å². The molecule has 0 bridgehead atoms. The summed E-state index contributed by atoms with van der Waals surface area (Å²) in [5, 5.41) is 6.73. The maximum Gasteiger partial charge on any atom is 0.230 e. The third-order valence-electron chi connectivity index (χ3n) is 4.92. The third-order valence-corrected chi connectivity index (χ3v) is 5.94. The number of guanidine groups is 1. The highest BCUT2D eigenvalue weighted by Gasteiger charge is 2.42. The zero-order valence-electron chi connectivity index (χ0n) is 16.5. The molecular weight excluding hydrogens is 344 g/mol. The lowest BCUT2D eigenvalue weighted by atomic mass is 9.84. The van der Waals surface area contributed by atoms with Gasteiger partial charge in [-0.25, -0.2) is 0 Å². The van der Waals surface area contributed by atoms with Crippen LogP contribution in [0.5, 0.6) is 0 Å². The Hall–Kier alpha value is -1.69. The van der Waals surface area contributed by atoms with E-state index >= 15 is 0 Å². The van der Waals surface area contributed by atoms with E-state index in [1.165, 1.54) is 10.5 Å². The van der Waals surface area contributed by atoms with Crippen molar-refractivity contribution >= 4 is 23.6 Å². The molecule has 6 heteroatoms. The van der Waals surface area contributed by atoms with Crippen molar-refractivity contribution in [1.82, 2.24) is 15.5 Å². The van der Waals surface area contributed by atoms with Crippen LogP contribution in [-0.4, -0.2) is 56.8 Å². The van der Waals surface area contributed by atoms with Gasteiger partial charge in [-0.05, 0) is 31.9 Å². The molecule has 0 aromatic heterocycles. The van der Waals surface area contributed by atoms with Gasteiger partial charge in [0.2, 0.25) is 5.91 Å². The average molecular weight is 377 g/mol. The van der Waals surface area contributed by atoms with Crippen LogP contribution in [0.1, 0.15) is 31.2 Å². The maximum atomic E-state index is 12.6. The summed E-state index contributed by atoms with van der Waals surface area (Å²) in [5.74, 6) is 1.96. The lowest BCUT2D eigenvalue weighted by Crippen LogP contribution is -2.49. The number of nitrogens with one attached hydrogen (secondary N) is 2. The van der Waals surface area contributed by atoms with Crippen molar-refractivity contribution in [1.29, 1.82) is 0 Å². The number of aliphatic imine (C=N–C) groups is 1. The first kappa shape index (κ1) is 20.6. The number of hydrogen-bond acceptors (Lipinski definition) is 3. The summed E-state index contributed by atoms with van der Waals surface area (Å²) in [6, 6.07) is 8.59. The van der Waals surface area contributed by atoms with E-state index in [1.54, 1.807) is 11.9 Å². The van der Waals surface area contributed by atoms with Crippen LogP contribution in [0.2, 0.25) is 0 Å². The van der Waals surface area contributed by atoms with E-state index in [2.05, 4.69) is 46.8 Å². The van der Waals surface area contributed by atoms with Gasteiger partial charge in [0.25, 0.3) is 0 Å². The molecule has 0 atom stereocenters. The third kappa shape index (κ3) is 5.66. The van der Waals surface area contributed by atoms with Gasteiger partial charge in [0, 0.05) is 44.9 Å². The SMILES string of the molecule is CN=C(NCCSc1ccc(C)cc1)NCC1(C(=O)N(C)C)CCCC1. The molecule has 2 N–H and O–H groups in total. The number of nitrogens with zero attached hydrogens (tertiary/aromatic N) is 2. The van der Waals surface area contributed by atoms with Crippen molar-refractivity contribution in [2.75, 3.05) is 40.0 Å². The fraction of sp³-hybridized carbons (Fsp3) is 0.600. The molecule has 2 rings (SSSR count). The summed E-state index contributed by atoms with van der Waals surface area (Å²) in [6.07, 6.45) is 4.16. The first-order valence-corrected chi connectivity index (χ1v) is 10.3. The molecule has 1 aliphatic rings. The Labute approximate surface area is 162 Å². The highest BCUT2D eigenvalue weighted by atomic mass is 32.2. The smallest absolute Gasteiger partial charge is 0.230 e. The van der Waals surface area contributed by atoms with E-state index in [9.17, 15) is 4.79 Å². The molecule has 0 aliphatic heterocycles. The zero-order chi connectivity index (χ0) is 19.0. The maximum absolute atomic E-state index is 12.6. The van der Waals surface area contributed by atoms with Crippen LogP contribution < -0.4 is 10.6 Å². The van der Waals surface area contributed by atoms with Crippen molar-refractivity contribution in [3.05, 3.63) is 29.8 Å². The predicted octanol–water partition coefficient (Wildman–Crippen LogP) is 2.90. The number of carbonyl (C=O) groups is 1. The Bertz CT molecular complexity index is 607. The van der Waals surface area contributed by atoms with Gasteiger partial charge in [-0.1, -0.05) is 30.5 Å². The molecular formula is C20H32N4OS. The number of rotatable bonds is 7. The van der Waals surface area contributed by atoms with Crippen LogP contribution in [0.15, 0.2) is 34.2 Å². The van der Waals surface area contributed by atoms with Gasteiger partial charge in [-0.2, -0.15) is 0 Å². The predicted molar refractivity (Wildman–Crippen MR) is 111 cm³/mol. The molecule has 1 amide bonds. The van der Waals surface area contributed by atoms with Gasteiger partial charge in [-0.3, -0.25) is 9.79 Å². The van der Waals surface area contributed by atoms with Gasteiger partial charge in [0.05, 0.1) is 5.41 Å². The molecule has 5 nitrogen and oxygen atoms in total. The molecule has 0 unspecified atom stereocenters. The van der Waals surface area contributed by atoms with E-state index in [1.807, 2.05) is 25.9 Å². The van der Waals surface area contributed by atoms with E-state index in [4.69, 9.17) is 0 Å². The molecule has 1 aromatic carbocycles. The van der Waals surface area contributed by atoms with Crippen molar-refractivity contribution < 1.29 is 4.79 Å². The van der Waals surface area contributed by atoms with Gasteiger partial charge in [0.1, 0.15) is 0 Å². The quantitative estimate of drug-likeness (QED) is 0.332. The van der Waals surface area contributed by atoms with E-state index in [0.717, 1.165) is 43.9 Å². The van der Waals surface area contributed by atoms with Crippen LogP contribution in [0.4, 0.5) is 0 Å². The molecule has 0 spiro atoms. The highest BCUT2D eigenvalue weighted by molar-refractivity contribution is 7.99. The standard InChI is InChI=1S/C20H32N4OS/c1-16-7-9-17(10-8-16)26-14-13-22-19(21-2)23-15-20(11-5-6-12-20)18(25)24(3)4/h7-10H,5-6,11-15H2,1-4H3,(H2,21,22,23). The monoisotopic (exact) mass is 376 g/mol. The van der Waals surface area contributed by atoms with Gasteiger partial charge < -0.3 is 15.5 Å². The number of carbonyl (C=O) groups excluding carboxylic acids is 1. The fourth-order valence-electron chi connectivity index (χ4n) is 3.44. The molecule has 144 valence electrons. The van der Waals surface area contributed by atoms with Gasteiger partial charge in [0.15, 0.2) is 5.96 Å². The summed E-state index contributed by atoms with van der Waals surface area (Å²) in [4.78, 5) is 19.9. The van der Waals surface area contributed by atoms with E-state index in [-0.39, 0.29) is 11.3 Å². The summed E-state index contributed by atoms with van der Waals surface area (Å²) in [5.41, 5.74) is 1.00. The minimum Gasteiger partial charge on any atom is -0.356 e. The molecule has 0 saturated heterocycles. The van der Waals surface area contributed by atoms with Crippen molar-refractivity contribution in [3.8, 4) is 0 Å². The summed E-state index contributed by atoms with van der Waals surface area (Å²) in [6.45, 7) is 3.57. The first-order chi connectivity index (χ1) is 12.5. The van der Waals surface area contributed by atoms with Gasteiger partial charge in [-0.15, -0.1) is 11.8 Å². The number of benzene rings is 1. The molecule has 1 aromatic rings. The van der Waals surface area contributed by atoms with Gasteiger partial charge >= 0.3 is 0 Å². The van der Waals surface area contributed by atoms with Crippen molar-refractivity contribution in [2.24, 2.45) is 10.4 Å². The Kier molecular flexibility index (Phi) is 7.82. The fourth-order valence-corrected chi connectivity index (χ4v) is 4.21. The van der Waals surface area contributed by atoms with E-state index < -0.39 is 0 Å². The van der Waals surface area contributed by atoms with Crippen molar-refractivity contribution in [2.45, 2.75) is 37.5 Å². The van der Waals surface area contributed by atoms with Crippen LogP contribution in [0, 0.1) is 12.3 Å². The molecule has 1 saturated carbocycles. The number of aryl methyl sites for hydroxylation is 1.